The van der Waals surface area contributed by atoms with Gasteiger partial charge in [0.05, 0.1) is 12.0 Å². The van der Waals surface area contributed by atoms with Gasteiger partial charge >= 0.3 is 0 Å². The van der Waals surface area contributed by atoms with Crippen molar-refractivity contribution < 1.29 is 4.39 Å². The first-order valence-corrected chi connectivity index (χ1v) is 4.78. The molecule has 0 bridgehead atoms. The van der Waals surface area contributed by atoms with E-state index in [4.69, 9.17) is 5.73 Å². The van der Waals surface area contributed by atoms with Crippen LogP contribution in [0.15, 0.2) is 36.8 Å². The molecular weight excluding hydrogens is 193 g/mol. The molecule has 1 heterocycles. The first kappa shape index (κ1) is 9.86. The van der Waals surface area contributed by atoms with E-state index in [1.807, 2.05) is 10.8 Å². The summed E-state index contributed by atoms with van der Waals surface area (Å²) in [5.74, 6) is -0.235. The highest BCUT2D eigenvalue weighted by atomic mass is 19.1. The maximum atomic E-state index is 12.7. The van der Waals surface area contributed by atoms with Crippen molar-refractivity contribution in [1.29, 1.82) is 0 Å². The predicted molar refractivity (Wildman–Crippen MR) is 56.3 cm³/mol. The van der Waals surface area contributed by atoms with Crippen molar-refractivity contribution in [3.8, 4) is 5.69 Å². The van der Waals surface area contributed by atoms with Crippen LogP contribution in [0.1, 0.15) is 5.69 Å². The van der Waals surface area contributed by atoms with E-state index < -0.39 is 0 Å². The first-order valence-electron chi connectivity index (χ1n) is 4.78. The summed E-state index contributed by atoms with van der Waals surface area (Å²) in [5.41, 5.74) is 7.27. The normalized spacial score (nSPS) is 10.5. The zero-order chi connectivity index (χ0) is 10.7. The van der Waals surface area contributed by atoms with E-state index in [0.717, 1.165) is 17.8 Å². The number of imidazole rings is 1. The summed E-state index contributed by atoms with van der Waals surface area (Å²) in [6, 6.07) is 6.28. The molecule has 1 aromatic heterocycles. The smallest absolute Gasteiger partial charge is 0.123 e. The average Bonchev–Trinajstić information content (AvgIpc) is 2.68. The van der Waals surface area contributed by atoms with Gasteiger partial charge < -0.3 is 10.3 Å². The Hall–Kier alpha value is -1.68. The van der Waals surface area contributed by atoms with Gasteiger partial charge in [-0.1, -0.05) is 0 Å². The SMILES string of the molecule is NCCc1cn(-c2ccc(F)cc2)cn1. The Labute approximate surface area is 87.4 Å². The quantitative estimate of drug-likeness (QED) is 0.825. The van der Waals surface area contributed by atoms with E-state index in [1.54, 1.807) is 18.5 Å². The number of nitrogens with zero attached hydrogens (tertiary/aromatic N) is 2. The summed E-state index contributed by atoms with van der Waals surface area (Å²) in [6.07, 6.45) is 4.37. The molecular formula is C11H12FN3. The minimum absolute atomic E-state index is 0.235. The fourth-order valence-corrected chi connectivity index (χ4v) is 1.39. The van der Waals surface area contributed by atoms with Crippen molar-refractivity contribution in [3.63, 3.8) is 0 Å². The third kappa shape index (κ3) is 2.22. The monoisotopic (exact) mass is 205 g/mol. The topological polar surface area (TPSA) is 43.8 Å². The number of benzene rings is 1. The van der Waals surface area contributed by atoms with Crippen molar-refractivity contribution in [2.45, 2.75) is 6.42 Å². The van der Waals surface area contributed by atoms with Gasteiger partial charge in [-0.3, -0.25) is 0 Å². The van der Waals surface area contributed by atoms with Gasteiger partial charge in [-0.25, -0.2) is 9.37 Å². The largest absolute Gasteiger partial charge is 0.330 e. The van der Waals surface area contributed by atoms with Gasteiger partial charge in [0, 0.05) is 18.3 Å². The Bertz CT molecular complexity index is 433. The fraction of sp³-hybridized carbons (Fsp3) is 0.182. The molecule has 2 aromatic rings. The van der Waals surface area contributed by atoms with Gasteiger partial charge in [-0.2, -0.15) is 0 Å². The first-order chi connectivity index (χ1) is 7.29. The Morgan fingerprint density at radius 2 is 2.00 bits per heavy atom. The number of rotatable bonds is 3. The summed E-state index contributed by atoms with van der Waals surface area (Å²) in [4.78, 5) is 4.19. The summed E-state index contributed by atoms with van der Waals surface area (Å²) in [5, 5.41) is 0. The number of aromatic nitrogens is 2. The van der Waals surface area contributed by atoms with Crippen LogP contribution >= 0.6 is 0 Å². The van der Waals surface area contributed by atoms with Gasteiger partial charge in [0.15, 0.2) is 0 Å². The molecule has 0 saturated heterocycles. The Kier molecular flexibility index (Phi) is 2.78. The van der Waals surface area contributed by atoms with Gasteiger partial charge in [0.2, 0.25) is 0 Å². The van der Waals surface area contributed by atoms with Crippen LogP contribution in [-0.4, -0.2) is 16.1 Å². The third-order valence-electron chi connectivity index (χ3n) is 2.16. The molecule has 0 spiro atoms. The van der Waals surface area contributed by atoms with E-state index in [9.17, 15) is 4.39 Å². The Balaban J connectivity index is 2.25. The van der Waals surface area contributed by atoms with Crippen molar-refractivity contribution in [2.75, 3.05) is 6.54 Å². The molecule has 0 aliphatic rings. The van der Waals surface area contributed by atoms with Crippen LogP contribution < -0.4 is 5.73 Å². The average molecular weight is 205 g/mol. The summed E-state index contributed by atoms with van der Waals surface area (Å²) in [7, 11) is 0. The number of hydrogen-bond donors (Lipinski definition) is 1. The second-order valence-corrected chi connectivity index (χ2v) is 3.29. The van der Waals surface area contributed by atoms with E-state index in [-0.39, 0.29) is 5.82 Å². The zero-order valence-electron chi connectivity index (χ0n) is 8.23. The molecule has 0 radical (unpaired) electrons. The lowest BCUT2D eigenvalue weighted by Gasteiger charge is -2.00. The van der Waals surface area contributed by atoms with Crippen molar-refractivity contribution >= 4 is 0 Å². The van der Waals surface area contributed by atoms with Crippen LogP contribution in [0.4, 0.5) is 4.39 Å². The zero-order valence-corrected chi connectivity index (χ0v) is 8.23. The minimum Gasteiger partial charge on any atom is -0.330 e. The van der Waals surface area contributed by atoms with Gasteiger partial charge in [0.25, 0.3) is 0 Å². The lowest BCUT2D eigenvalue weighted by Crippen LogP contribution is -2.02. The van der Waals surface area contributed by atoms with Gasteiger partial charge in [-0.05, 0) is 30.8 Å². The van der Waals surface area contributed by atoms with Crippen LogP contribution in [-0.2, 0) is 6.42 Å². The molecule has 4 heteroatoms. The number of hydrogen-bond acceptors (Lipinski definition) is 2. The molecule has 0 saturated carbocycles. The maximum absolute atomic E-state index is 12.7. The molecule has 0 fully saturated rings. The van der Waals surface area contributed by atoms with Gasteiger partial charge in [-0.15, -0.1) is 0 Å². The van der Waals surface area contributed by atoms with E-state index in [1.165, 1.54) is 12.1 Å². The molecule has 1 aromatic carbocycles. The van der Waals surface area contributed by atoms with E-state index in [2.05, 4.69) is 4.98 Å². The summed E-state index contributed by atoms with van der Waals surface area (Å²) >= 11 is 0. The van der Waals surface area contributed by atoms with Gasteiger partial charge in [0.1, 0.15) is 5.82 Å². The number of halogens is 1. The van der Waals surface area contributed by atoms with Crippen LogP contribution in [0.25, 0.3) is 5.69 Å². The van der Waals surface area contributed by atoms with Crippen LogP contribution in [0, 0.1) is 5.82 Å². The molecule has 3 nitrogen and oxygen atoms in total. The lowest BCUT2D eigenvalue weighted by molar-refractivity contribution is 0.627. The fourth-order valence-electron chi connectivity index (χ4n) is 1.39. The highest BCUT2D eigenvalue weighted by molar-refractivity contribution is 5.32. The van der Waals surface area contributed by atoms with E-state index in [0.29, 0.717) is 6.54 Å². The van der Waals surface area contributed by atoms with Crippen molar-refractivity contribution in [3.05, 3.63) is 48.3 Å². The minimum atomic E-state index is -0.235. The molecule has 15 heavy (non-hydrogen) atoms. The summed E-state index contributed by atoms with van der Waals surface area (Å²) < 4.78 is 14.5. The molecule has 0 unspecified atom stereocenters. The van der Waals surface area contributed by atoms with Crippen molar-refractivity contribution in [2.24, 2.45) is 5.73 Å². The molecule has 0 atom stereocenters. The van der Waals surface area contributed by atoms with Crippen molar-refractivity contribution in [1.82, 2.24) is 9.55 Å². The van der Waals surface area contributed by atoms with Crippen LogP contribution in [0.5, 0.6) is 0 Å². The second kappa shape index (κ2) is 4.23. The molecule has 0 amide bonds. The standard InChI is InChI=1S/C11H12FN3/c12-9-1-3-11(4-2-9)15-7-10(5-6-13)14-8-15/h1-4,7-8H,5-6,13H2. The second-order valence-electron chi connectivity index (χ2n) is 3.29. The summed E-state index contributed by atoms with van der Waals surface area (Å²) in [6.45, 7) is 0.584. The highest BCUT2D eigenvalue weighted by Crippen LogP contribution is 2.09. The van der Waals surface area contributed by atoms with E-state index >= 15 is 0 Å². The van der Waals surface area contributed by atoms with Crippen LogP contribution in [0.2, 0.25) is 0 Å². The Morgan fingerprint density at radius 3 is 2.67 bits per heavy atom. The lowest BCUT2D eigenvalue weighted by atomic mass is 10.3. The highest BCUT2D eigenvalue weighted by Gasteiger charge is 1.99. The molecule has 0 aliphatic heterocycles. The van der Waals surface area contributed by atoms with Crippen LogP contribution in [0.3, 0.4) is 0 Å². The number of nitrogens with two attached hydrogens (primary N) is 1. The molecule has 78 valence electrons. The molecule has 2 rings (SSSR count). The predicted octanol–water partition coefficient (Wildman–Crippen LogP) is 1.51. The Morgan fingerprint density at radius 1 is 1.27 bits per heavy atom. The molecule has 0 aliphatic carbocycles. The molecule has 2 N–H and O–H groups in total. The third-order valence-corrected chi connectivity index (χ3v) is 2.16. The maximum Gasteiger partial charge on any atom is 0.123 e.